The van der Waals surface area contributed by atoms with Crippen molar-refractivity contribution in [2.45, 2.75) is 12.3 Å². The van der Waals surface area contributed by atoms with Crippen LogP contribution in [0, 0.1) is 0 Å². The molecule has 1 nitrogen and oxygen atoms in total. The largest absolute Gasteiger partial charge is 0.384 e. The number of benzene rings is 1. The van der Waals surface area contributed by atoms with Gasteiger partial charge in [-0.15, -0.1) is 11.3 Å². The van der Waals surface area contributed by atoms with E-state index in [1.54, 1.807) is 0 Å². The van der Waals surface area contributed by atoms with Crippen LogP contribution in [0.3, 0.4) is 0 Å². The summed E-state index contributed by atoms with van der Waals surface area (Å²) >= 11 is 5.47. The fourth-order valence-corrected chi connectivity index (χ4v) is 3.70. The number of anilines is 1. The van der Waals surface area contributed by atoms with E-state index >= 15 is 0 Å². The van der Waals surface area contributed by atoms with Crippen molar-refractivity contribution in [3.63, 3.8) is 0 Å². The molecule has 1 unspecified atom stereocenters. The van der Waals surface area contributed by atoms with Gasteiger partial charge in [-0.1, -0.05) is 18.2 Å². The summed E-state index contributed by atoms with van der Waals surface area (Å²) in [4.78, 5) is 1.47. The zero-order valence-electron chi connectivity index (χ0n) is 8.74. The number of hydrogen-bond acceptors (Lipinski definition) is 2. The van der Waals surface area contributed by atoms with Crippen LogP contribution in [-0.4, -0.2) is 6.54 Å². The van der Waals surface area contributed by atoms with Crippen molar-refractivity contribution >= 4 is 33.0 Å². The van der Waals surface area contributed by atoms with Crippen molar-refractivity contribution in [2.24, 2.45) is 0 Å². The van der Waals surface area contributed by atoms with E-state index in [1.807, 2.05) is 11.3 Å². The predicted octanol–water partition coefficient (Wildman–Crippen LogP) is 4.46. The number of halogens is 1. The first-order chi connectivity index (χ1) is 7.86. The molecule has 3 heteroatoms. The highest BCUT2D eigenvalue weighted by atomic mass is 79.9. The average Bonchev–Trinajstić information content (AvgIpc) is 2.82. The van der Waals surface area contributed by atoms with E-state index in [1.165, 1.54) is 27.0 Å². The van der Waals surface area contributed by atoms with E-state index in [0.717, 1.165) is 6.54 Å². The summed E-state index contributed by atoms with van der Waals surface area (Å²) < 4.78 is 1.17. The lowest BCUT2D eigenvalue weighted by molar-refractivity contribution is 0.730. The van der Waals surface area contributed by atoms with Gasteiger partial charge >= 0.3 is 0 Å². The molecule has 1 aromatic carbocycles. The van der Waals surface area contributed by atoms with Gasteiger partial charge in [0.1, 0.15) is 0 Å². The third-order valence-electron chi connectivity index (χ3n) is 3.04. The van der Waals surface area contributed by atoms with Crippen LogP contribution in [-0.2, 0) is 0 Å². The summed E-state index contributed by atoms with van der Waals surface area (Å²) in [6.45, 7) is 1.05. The van der Waals surface area contributed by atoms with Gasteiger partial charge in [0.25, 0.3) is 0 Å². The molecule has 0 radical (unpaired) electrons. The molecule has 82 valence electrons. The minimum absolute atomic E-state index is 0.564. The molecule has 0 saturated carbocycles. The summed E-state index contributed by atoms with van der Waals surface area (Å²) in [7, 11) is 0. The minimum Gasteiger partial charge on any atom is -0.384 e. The van der Waals surface area contributed by atoms with E-state index < -0.39 is 0 Å². The molecular weight excluding hydrogens is 282 g/mol. The Labute approximate surface area is 108 Å². The molecular formula is C13H12BrNS. The summed E-state index contributed by atoms with van der Waals surface area (Å²) in [5.41, 5.74) is 2.69. The van der Waals surface area contributed by atoms with Gasteiger partial charge in [-0.2, -0.15) is 0 Å². The monoisotopic (exact) mass is 293 g/mol. The van der Waals surface area contributed by atoms with Gasteiger partial charge < -0.3 is 5.32 Å². The van der Waals surface area contributed by atoms with E-state index in [-0.39, 0.29) is 0 Å². The molecule has 3 rings (SSSR count). The van der Waals surface area contributed by atoms with Crippen LogP contribution in [0.25, 0.3) is 0 Å². The SMILES string of the molecule is Brc1cccc2c1NCCC2c1cccs1. The summed E-state index contributed by atoms with van der Waals surface area (Å²) in [6, 6.07) is 10.8. The normalized spacial score (nSPS) is 18.9. The summed E-state index contributed by atoms with van der Waals surface area (Å²) in [6.07, 6.45) is 1.18. The molecule has 0 spiro atoms. The predicted molar refractivity (Wildman–Crippen MR) is 73.4 cm³/mol. The molecule has 0 amide bonds. The fourth-order valence-electron chi connectivity index (χ4n) is 2.30. The lowest BCUT2D eigenvalue weighted by Crippen LogP contribution is -2.17. The fraction of sp³-hybridized carbons (Fsp3) is 0.231. The Kier molecular flexibility index (Phi) is 2.74. The smallest absolute Gasteiger partial charge is 0.0523 e. The van der Waals surface area contributed by atoms with Crippen LogP contribution in [0.5, 0.6) is 0 Å². The highest BCUT2D eigenvalue weighted by molar-refractivity contribution is 9.10. The molecule has 2 aromatic rings. The van der Waals surface area contributed by atoms with E-state index in [9.17, 15) is 0 Å². The number of thiophene rings is 1. The lowest BCUT2D eigenvalue weighted by Gasteiger charge is -2.26. The van der Waals surface area contributed by atoms with E-state index in [0.29, 0.717) is 5.92 Å². The highest BCUT2D eigenvalue weighted by Gasteiger charge is 2.23. The number of rotatable bonds is 1. The third kappa shape index (κ3) is 1.68. The first kappa shape index (κ1) is 10.4. The van der Waals surface area contributed by atoms with Crippen LogP contribution in [0.15, 0.2) is 40.2 Å². The molecule has 0 saturated heterocycles. The molecule has 2 heterocycles. The minimum atomic E-state index is 0.564. The zero-order valence-corrected chi connectivity index (χ0v) is 11.1. The molecule has 0 fully saturated rings. The quantitative estimate of drug-likeness (QED) is 0.819. The van der Waals surface area contributed by atoms with Gasteiger partial charge in [-0.3, -0.25) is 0 Å². The summed E-state index contributed by atoms with van der Waals surface area (Å²) in [5.74, 6) is 0.564. The maximum atomic E-state index is 3.61. The molecule has 0 bridgehead atoms. The van der Waals surface area contributed by atoms with Gasteiger partial charge in [-0.05, 0) is 45.4 Å². The first-order valence-corrected chi connectivity index (χ1v) is 7.09. The van der Waals surface area contributed by atoms with Crippen LogP contribution >= 0.6 is 27.3 Å². The second-order valence-corrected chi connectivity index (χ2v) is 5.82. The molecule has 16 heavy (non-hydrogen) atoms. The van der Waals surface area contributed by atoms with Crippen molar-refractivity contribution in [3.8, 4) is 0 Å². The third-order valence-corrected chi connectivity index (χ3v) is 4.69. The molecule has 1 N–H and O–H groups in total. The Morgan fingerprint density at radius 3 is 3.00 bits per heavy atom. The Hall–Kier alpha value is -0.800. The molecule has 1 aliphatic heterocycles. The van der Waals surface area contributed by atoms with Gasteiger partial charge in [0.05, 0.1) is 5.69 Å². The topological polar surface area (TPSA) is 12.0 Å². The molecule has 1 aromatic heterocycles. The molecule has 1 aliphatic rings. The number of hydrogen-bond donors (Lipinski definition) is 1. The Bertz CT molecular complexity index is 493. The van der Waals surface area contributed by atoms with Crippen molar-refractivity contribution in [3.05, 3.63) is 50.6 Å². The average molecular weight is 294 g/mol. The van der Waals surface area contributed by atoms with Crippen molar-refractivity contribution in [1.82, 2.24) is 0 Å². The van der Waals surface area contributed by atoms with Gasteiger partial charge in [-0.25, -0.2) is 0 Å². The van der Waals surface area contributed by atoms with Crippen LogP contribution in [0.4, 0.5) is 5.69 Å². The standard InChI is InChI=1S/C13H12BrNS/c14-11-4-1-3-10-9(6-7-15-13(10)11)12-5-2-8-16-12/h1-5,8-9,15H,6-7H2. The highest BCUT2D eigenvalue weighted by Crippen LogP contribution is 2.41. The van der Waals surface area contributed by atoms with Crippen LogP contribution < -0.4 is 5.32 Å². The van der Waals surface area contributed by atoms with Crippen molar-refractivity contribution in [2.75, 3.05) is 11.9 Å². The lowest BCUT2D eigenvalue weighted by atomic mass is 9.90. The molecule has 0 aliphatic carbocycles. The first-order valence-electron chi connectivity index (χ1n) is 5.42. The van der Waals surface area contributed by atoms with Crippen LogP contribution in [0.1, 0.15) is 22.8 Å². The van der Waals surface area contributed by atoms with Crippen LogP contribution in [0.2, 0.25) is 0 Å². The molecule has 1 atom stereocenters. The number of fused-ring (bicyclic) bond motifs is 1. The van der Waals surface area contributed by atoms with Crippen molar-refractivity contribution < 1.29 is 0 Å². The Balaban J connectivity index is 2.10. The van der Waals surface area contributed by atoms with E-state index in [4.69, 9.17) is 0 Å². The van der Waals surface area contributed by atoms with Gasteiger partial charge in [0, 0.05) is 21.8 Å². The summed E-state index contributed by atoms with van der Waals surface area (Å²) in [5, 5.41) is 5.64. The van der Waals surface area contributed by atoms with Gasteiger partial charge in [0.15, 0.2) is 0 Å². The maximum absolute atomic E-state index is 3.61. The number of para-hydroxylation sites is 1. The van der Waals surface area contributed by atoms with E-state index in [2.05, 4.69) is 57.0 Å². The second kappa shape index (κ2) is 4.22. The number of nitrogens with one attached hydrogen (secondary N) is 1. The zero-order chi connectivity index (χ0) is 11.0. The van der Waals surface area contributed by atoms with Gasteiger partial charge in [0.2, 0.25) is 0 Å². The second-order valence-electron chi connectivity index (χ2n) is 3.99. The maximum Gasteiger partial charge on any atom is 0.0523 e. The Morgan fingerprint density at radius 2 is 2.19 bits per heavy atom. The Morgan fingerprint density at radius 1 is 1.25 bits per heavy atom. The van der Waals surface area contributed by atoms with Crippen molar-refractivity contribution in [1.29, 1.82) is 0 Å².